The van der Waals surface area contributed by atoms with Crippen molar-refractivity contribution in [1.29, 1.82) is 0 Å². The van der Waals surface area contributed by atoms with Crippen LogP contribution in [0.1, 0.15) is 5.69 Å². The average molecular weight is 202 g/mol. The van der Waals surface area contributed by atoms with Crippen LogP contribution in [0.25, 0.3) is 0 Å². The molecule has 5 heteroatoms. The van der Waals surface area contributed by atoms with E-state index in [1.54, 1.807) is 25.4 Å². The van der Waals surface area contributed by atoms with Gasteiger partial charge in [-0.05, 0) is 6.07 Å². The molecule has 0 saturated carbocycles. The van der Waals surface area contributed by atoms with Crippen molar-refractivity contribution in [1.82, 2.24) is 4.98 Å². The SMILES string of the molecule is C=C1N=C(c2cc(OC)ccn2)N=C1N. The van der Waals surface area contributed by atoms with Crippen LogP contribution in [0.2, 0.25) is 0 Å². The molecule has 0 bridgehead atoms. The van der Waals surface area contributed by atoms with E-state index in [2.05, 4.69) is 21.5 Å². The van der Waals surface area contributed by atoms with Gasteiger partial charge in [0.05, 0.1) is 7.11 Å². The molecule has 15 heavy (non-hydrogen) atoms. The van der Waals surface area contributed by atoms with Crippen molar-refractivity contribution in [3.05, 3.63) is 36.3 Å². The van der Waals surface area contributed by atoms with Gasteiger partial charge in [0, 0.05) is 12.3 Å². The van der Waals surface area contributed by atoms with Crippen LogP contribution < -0.4 is 10.5 Å². The first-order valence-electron chi connectivity index (χ1n) is 4.33. The minimum atomic E-state index is 0.328. The Bertz CT molecular complexity index is 476. The van der Waals surface area contributed by atoms with Gasteiger partial charge >= 0.3 is 0 Å². The normalized spacial score (nSPS) is 14.9. The van der Waals surface area contributed by atoms with Crippen LogP contribution >= 0.6 is 0 Å². The maximum absolute atomic E-state index is 5.55. The highest BCUT2D eigenvalue weighted by Gasteiger charge is 2.14. The molecule has 0 radical (unpaired) electrons. The third-order valence-electron chi connectivity index (χ3n) is 1.96. The molecule has 0 aromatic carbocycles. The van der Waals surface area contributed by atoms with Crippen molar-refractivity contribution in [3.63, 3.8) is 0 Å². The number of nitrogens with zero attached hydrogens (tertiary/aromatic N) is 3. The zero-order chi connectivity index (χ0) is 10.8. The van der Waals surface area contributed by atoms with Crippen molar-refractivity contribution < 1.29 is 4.74 Å². The molecular weight excluding hydrogens is 192 g/mol. The molecule has 0 saturated heterocycles. The number of rotatable bonds is 2. The zero-order valence-corrected chi connectivity index (χ0v) is 8.27. The summed E-state index contributed by atoms with van der Waals surface area (Å²) >= 11 is 0. The maximum Gasteiger partial charge on any atom is 0.181 e. The second-order valence-corrected chi connectivity index (χ2v) is 2.96. The lowest BCUT2D eigenvalue weighted by molar-refractivity contribution is 0.414. The average Bonchev–Trinajstić information content (AvgIpc) is 2.59. The highest BCUT2D eigenvalue weighted by molar-refractivity contribution is 6.15. The Labute approximate surface area is 87.0 Å². The molecule has 0 aliphatic carbocycles. The molecule has 2 N–H and O–H groups in total. The monoisotopic (exact) mass is 202 g/mol. The minimum absolute atomic E-state index is 0.328. The molecule has 1 aliphatic heterocycles. The number of pyridine rings is 1. The standard InChI is InChI=1S/C10H10N4O/c1-6-9(11)14-10(13-6)8-5-7(15-2)3-4-12-8/h3-5H,1H2,2H3,(H2,11,13,14). The summed E-state index contributed by atoms with van der Waals surface area (Å²) in [6.07, 6.45) is 1.63. The number of amidine groups is 2. The Kier molecular flexibility index (Phi) is 2.21. The fourth-order valence-electron chi connectivity index (χ4n) is 1.16. The first-order valence-corrected chi connectivity index (χ1v) is 4.33. The second kappa shape index (κ2) is 3.53. The molecule has 2 rings (SSSR count). The van der Waals surface area contributed by atoms with Gasteiger partial charge in [0.1, 0.15) is 17.1 Å². The maximum atomic E-state index is 5.55. The van der Waals surface area contributed by atoms with E-state index in [9.17, 15) is 0 Å². The van der Waals surface area contributed by atoms with E-state index in [1.807, 2.05) is 0 Å². The number of aromatic nitrogens is 1. The van der Waals surface area contributed by atoms with Gasteiger partial charge in [-0.15, -0.1) is 0 Å². The molecule has 0 unspecified atom stereocenters. The molecule has 5 nitrogen and oxygen atoms in total. The van der Waals surface area contributed by atoms with E-state index in [4.69, 9.17) is 10.5 Å². The van der Waals surface area contributed by atoms with Crippen LogP contribution in [0, 0.1) is 0 Å². The second-order valence-electron chi connectivity index (χ2n) is 2.96. The summed E-state index contributed by atoms with van der Waals surface area (Å²) in [6, 6.07) is 3.50. The van der Waals surface area contributed by atoms with Crippen LogP contribution in [0.4, 0.5) is 0 Å². The molecule has 1 aromatic heterocycles. The number of methoxy groups -OCH3 is 1. The smallest absolute Gasteiger partial charge is 0.181 e. The largest absolute Gasteiger partial charge is 0.497 e. The Hall–Kier alpha value is -2.17. The number of aliphatic imine (C=N–C) groups is 2. The van der Waals surface area contributed by atoms with E-state index in [0.717, 1.165) is 0 Å². The van der Waals surface area contributed by atoms with Crippen LogP contribution in [0.5, 0.6) is 5.75 Å². The van der Waals surface area contributed by atoms with Gasteiger partial charge in [-0.1, -0.05) is 6.58 Å². The summed E-state index contributed by atoms with van der Waals surface area (Å²) in [5, 5.41) is 0. The molecule has 1 aliphatic rings. The summed E-state index contributed by atoms with van der Waals surface area (Å²) in [5.41, 5.74) is 6.64. The number of nitrogens with two attached hydrogens (primary N) is 1. The number of hydrogen-bond donors (Lipinski definition) is 1. The third-order valence-corrected chi connectivity index (χ3v) is 1.96. The minimum Gasteiger partial charge on any atom is -0.497 e. The van der Waals surface area contributed by atoms with E-state index in [0.29, 0.717) is 28.8 Å². The topological polar surface area (TPSA) is 72.9 Å². The van der Waals surface area contributed by atoms with E-state index < -0.39 is 0 Å². The van der Waals surface area contributed by atoms with Gasteiger partial charge in [-0.2, -0.15) is 0 Å². The molecule has 0 fully saturated rings. The molecule has 76 valence electrons. The van der Waals surface area contributed by atoms with Crippen molar-refractivity contribution in [3.8, 4) is 5.75 Å². The van der Waals surface area contributed by atoms with Crippen LogP contribution in [0.3, 0.4) is 0 Å². The first kappa shape index (κ1) is 9.39. The van der Waals surface area contributed by atoms with Gasteiger partial charge < -0.3 is 10.5 Å². The Morgan fingerprint density at radius 1 is 1.40 bits per heavy atom. The quantitative estimate of drug-likeness (QED) is 0.768. The van der Waals surface area contributed by atoms with E-state index in [-0.39, 0.29) is 0 Å². The van der Waals surface area contributed by atoms with Crippen molar-refractivity contribution >= 4 is 11.7 Å². The van der Waals surface area contributed by atoms with Crippen LogP contribution in [-0.4, -0.2) is 23.8 Å². The summed E-state index contributed by atoms with van der Waals surface area (Å²) in [6.45, 7) is 3.65. The number of hydrogen-bond acceptors (Lipinski definition) is 5. The molecule has 0 spiro atoms. The zero-order valence-electron chi connectivity index (χ0n) is 8.27. The lowest BCUT2D eigenvalue weighted by atomic mass is 10.3. The lowest BCUT2D eigenvalue weighted by Gasteiger charge is -2.00. The van der Waals surface area contributed by atoms with Crippen molar-refractivity contribution in [2.24, 2.45) is 15.7 Å². The Balaban J connectivity index is 2.39. The molecule has 0 atom stereocenters. The molecular formula is C10H10N4O. The fraction of sp³-hybridized carbons (Fsp3) is 0.100. The molecule has 0 amide bonds. The predicted octanol–water partition coefficient (Wildman–Crippen LogP) is 0.721. The molecule has 2 heterocycles. The van der Waals surface area contributed by atoms with Gasteiger partial charge in [-0.25, -0.2) is 9.98 Å². The highest BCUT2D eigenvalue weighted by atomic mass is 16.5. The number of ether oxygens (including phenoxy) is 1. The Morgan fingerprint density at radius 2 is 2.20 bits per heavy atom. The van der Waals surface area contributed by atoms with Crippen LogP contribution in [-0.2, 0) is 0 Å². The van der Waals surface area contributed by atoms with Gasteiger partial charge in [0.2, 0.25) is 0 Å². The summed E-state index contributed by atoms with van der Waals surface area (Å²) in [5.74, 6) is 1.50. The highest BCUT2D eigenvalue weighted by Crippen LogP contribution is 2.15. The predicted molar refractivity (Wildman–Crippen MR) is 58.1 cm³/mol. The fourth-order valence-corrected chi connectivity index (χ4v) is 1.16. The van der Waals surface area contributed by atoms with Gasteiger partial charge in [-0.3, -0.25) is 4.98 Å². The summed E-state index contributed by atoms with van der Waals surface area (Å²) in [7, 11) is 1.59. The van der Waals surface area contributed by atoms with Crippen molar-refractivity contribution in [2.75, 3.05) is 7.11 Å². The lowest BCUT2D eigenvalue weighted by Crippen LogP contribution is -2.09. The van der Waals surface area contributed by atoms with Crippen LogP contribution in [0.15, 0.2) is 40.6 Å². The van der Waals surface area contributed by atoms with E-state index in [1.165, 1.54) is 0 Å². The third kappa shape index (κ3) is 1.71. The van der Waals surface area contributed by atoms with Crippen molar-refractivity contribution in [2.45, 2.75) is 0 Å². The van der Waals surface area contributed by atoms with E-state index >= 15 is 0 Å². The first-order chi connectivity index (χ1) is 7.20. The van der Waals surface area contributed by atoms with Gasteiger partial charge in [0.25, 0.3) is 0 Å². The summed E-state index contributed by atoms with van der Waals surface area (Å²) < 4.78 is 5.07. The molecule has 1 aromatic rings. The van der Waals surface area contributed by atoms with Gasteiger partial charge in [0.15, 0.2) is 11.7 Å². The summed E-state index contributed by atoms with van der Waals surface area (Å²) in [4.78, 5) is 12.3. The Morgan fingerprint density at radius 3 is 2.80 bits per heavy atom.